The highest BCUT2D eigenvalue weighted by Crippen LogP contribution is 2.34. The first-order valence-electron chi connectivity index (χ1n) is 7.81. The van der Waals surface area contributed by atoms with E-state index in [9.17, 15) is 9.59 Å². The molecule has 130 valence electrons. The second-order valence-corrected chi connectivity index (χ2v) is 5.79. The van der Waals surface area contributed by atoms with Crippen molar-refractivity contribution in [2.75, 3.05) is 6.61 Å². The predicted octanol–water partition coefficient (Wildman–Crippen LogP) is 1.19. The molecule has 0 saturated carbocycles. The van der Waals surface area contributed by atoms with Crippen LogP contribution in [0, 0.1) is 0 Å². The summed E-state index contributed by atoms with van der Waals surface area (Å²) in [5.41, 5.74) is 0.959. The summed E-state index contributed by atoms with van der Waals surface area (Å²) in [6.07, 6.45) is -3.31. The van der Waals surface area contributed by atoms with Crippen molar-refractivity contribution in [3.05, 3.63) is 35.9 Å². The Kier molecular flexibility index (Phi) is 5.13. The molecule has 2 fully saturated rings. The quantitative estimate of drug-likeness (QED) is 0.747. The number of esters is 2. The summed E-state index contributed by atoms with van der Waals surface area (Å²) in [5.74, 6) is -0.934. The van der Waals surface area contributed by atoms with Crippen molar-refractivity contribution in [3.63, 3.8) is 0 Å². The number of benzene rings is 1. The van der Waals surface area contributed by atoms with E-state index in [0.717, 1.165) is 5.56 Å². The molecule has 7 heteroatoms. The van der Waals surface area contributed by atoms with Crippen LogP contribution in [0.5, 0.6) is 0 Å². The highest BCUT2D eigenvalue weighted by molar-refractivity contribution is 5.67. The molecule has 0 N–H and O–H groups in total. The van der Waals surface area contributed by atoms with Crippen molar-refractivity contribution in [1.29, 1.82) is 0 Å². The molecule has 5 atom stereocenters. The molecule has 0 amide bonds. The molecule has 1 aromatic rings. The molecular formula is C17H20O7. The average Bonchev–Trinajstić information content (AvgIpc) is 2.98. The molecule has 2 heterocycles. The lowest BCUT2D eigenvalue weighted by Crippen LogP contribution is -2.57. The van der Waals surface area contributed by atoms with E-state index in [4.69, 9.17) is 23.7 Å². The van der Waals surface area contributed by atoms with E-state index in [0.29, 0.717) is 6.61 Å². The van der Waals surface area contributed by atoms with E-state index < -0.39 is 42.6 Å². The zero-order valence-corrected chi connectivity index (χ0v) is 13.5. The normalized spacial score (nSPS) is 31.5. The Labute approximate surface area is 139 Å². The lowest BCUT2D eigenvalue weighted by molar-refractivity contribution is -0.255. The number of carbonyl (C=O) groups excluding carboxylic acids is 2. The van der Waals surface area contributed by atoms with Crippen LogP contribution in [0.1, 0.15) is 19.4 Å². The van der Waals surface area contributed by atoms with Gasteiger partial charge in [0, 0.05) is 13.8 Å². The predicted molar refractivity (Wildman–Crippen MR) is 80.7 cm³/mol. The van der Waals surface area contributed by atoms with Gasteiger partial charge in [0.05, 0.1) is 13.2 Å². The molecule has 1 aromatic carbocycles. The average molecular weight is 336 g/mol. The monoisotopic (exact) mass is 336 g/mol. The Hall–Kier alpha value is -1.96. The van der Waals surface area contributed by atoms with E-state index in [1.165, 1.54) is 13.8 Å². The minimum Gasteiger partial charge on any atom is -0.457 e. The van der Waals surface area contributed by atoms with E-state index in [-0.39, 0.29) is 6.61 Å². The summed E-state index contributed by atoms with van der Waals surface area (Å²) in [6.45, 7) is 3.17. The van der Waals surface area contributed by atoms with Crippen molar-refractivity contribution >= 4 is 11.9 Å². The Bertz CT molecular complexity index is 558. The van der Waals surface area contributed by atoms with Gasteiger partial charge in [-0.25, -0.2) is 0 Å². The fraction of sp³-hybridized carbons (Fsp3) is 0.529. The third-order valence-corrected chi connectivity index (χ3v) is 3.91. The third-order valence-electron chi connectivity index (χ3n) is 3.91. The summed E-state index contributed by atoms with van der Waals surface area (Å²) in [6, 6.07) is 9.57. The standard InChI is InChI=1S/C17H20O7/c1-10(18)22-14-13-9-21-17(24-13)16(23-11(2)19)15(14)20-8-12-6-4-3-5-7-12/h3-7,13-17H,8-9H2,1-2H3/t13-,14+,15-,16+,17-/m0/s1. The molecule has 2 aliphatic heterocycles. The van der Waals surface area contributed by atoms with Crippen molar-refractivity contribution in [3.8, 4) is 0 Å². The molecule has 2 saturated heterocycles. The van der Waals surface area contributed by atoms with E-state index in [2.05, 4.69) is 0 Å². The SMILES string of the molecule is CC(=O)O[C@H]1[C@H]2OC[C@H](O2)[C@@H](OC(C)=O)[C@@H]1OCc1ccccc1. The zero-order valence-electron chi connectivity index (χ0n) is 13.5. The second-order valence-electron chi connectivity index (χ2n) is 5.79. The molecule has 0 aromatic heterocycles. The van der Waals surface area contributed by atoms with E-state index in [1.807, 2.05) is 30.3 Å². The first-order chi connectivity index (χ1) is 11.5. The maximum atomic E-state index is 11.5. The molecule has 2 aliphatic rings. The first-order valence-corrected chi connectivity index (χ1v) is 7.81. The smallest absolute Gasteiger partial charge is 0.303 e. The van der Waals surface area contributed by atoms with Gasteiger partial charge in [0.15, 0.2) is 18.5 Å². The van der Waals surface area contributed by atoms with Crippen LogP contribution in [-0.2, 0) is 39.9 Å². The van der Waals surface area contributed by atoms with Gasteiger partial charge in [0.25, 0.3) is 0 Å². The van der Waals surface area contributed by atoms with Gasteiger partial charge in [-0.2, -0.15) is 0 Å². The molecule has 0 unspecified atom stereocenters. The highest BCUT2D eigenvalue weighted by atomic mass is 16.8. The van der Waals surface area contributed by atoms with Crippen LogP contribution in [0.2, 0.25) is 0 Å². The second kappa shape index (κ2) is 7.29. The highest BCUT2D eigenvalue weighted by Gasteiger charge is 2.54. The van der Waals surface area contributed by atoms with Crippen LogP contribution in [-0.4, -0.2) is 49.3 Å². The van der Waals surface area contributed by atoms with Crippen LogP contribution in [0.4, 0.5) is 0 Å². The van der Waals surface area contributed by atoms with Crippen molar-refractivity contribution in [2.24, 2.45) is 0 Å². The fourth-order valence-electron chi connectivity index (χ4n) is 2.94. The molecule has 2 bridgehead atoms. The minimum atomic E-state index is -0.797. The Morgan fingerprint density at radius 1 is 1.04 bits per heavy atom. The zero-order chi connectivity index (χ0) is 17.1. The summed E-state index contributed by atoms with van der Waals surface area (Å²) in [5, 5.41) is 0. The number of ether oxygens (including phenoxy) is 5. The van der Waals surface area contributed by atoms with Gasteiger partial charge in [-0.15, -0.1) is 0 Å². The van der Waals surface area contributed by atoms with Gasteiger partial charge in [0.2, 0.25) is 0 Å². The lowest BCUT2D eigenvalue weighted by Gasteiger charge is -2.39. The number of fused-ring (bicyclic) bond motifs is 2. The summed E-state index contributed by atoms with van der Waals surface area (Å²) in [4.78, 5) is 22.9. The van der Waals surface area contributed by atoms with Gasteiger partial charge in [-0.05, 0) is 5.56 Å². The first kappa shape index (κ1) is 16.9. The topological polar surface area (TPSA) is 80.3 Å². The van der Waals surface area contributed by atoms with Crippen molar-refractivity contribution < 1.29 is 33.3 Å². The molecule has 7 nitrogen and oxygen atoms in total. The molecule has 0 aliphatic carbocycles. The van der Waals surface area contributed by atoms with Gasteiger partial charge < -0.3 is 23.7 Å². The van der Waals surface area contributed by atoms with Crippen LogP contribution >= 0.6 is 0 Å². The summed E-state index contributed by atoms with van der Waals surface area (Å²) >= 11 is 0. The number of hydrogen-bond donors (Lipinski definition) is 0. The number of hydrogen-bond acceptors (Lipinski definition) is 7. The maximum Gasteiger partial charge on any atom is 0.303 e. The third kappa shape index (κ3) is 3.75. The van der Waals surface area contributed by atoms with Gasteiger partial charge in [-0.3, -0.25) is 9.59 Å². The van der Waals surface area contributed by atoms with Crippen LogP contribution < -0.4 is 0 Å². The van der Waals surface area contributed by atoms with Crippen LogP contribution in [0.3, 0.4) is 0 Å². The Morgan fingerprint density at radius 2 is 1.71 bits per heavy atom. The Morgan fingerprint density at radius 3 is 2.38 bits per heavy atom. The number of carbonyl (C=O) groups is 2. The lowest BCUT2D eigenvalue weighted by atomic mass is 10.00. The van der Waals surface area contributed by atoms with E-state index in [1.54, 1.807) is 0 Å². The molecular weight excluding hydrogens is 316 g/mol. The van der Waals surface area contributed by atoms with Gasteiger partial charge in [0.1, 0.15) is 12.2 Å². The van der Waals surface area contributed by atoms with Gasteiger partial charge >= 0.3 is 11.9 Å². The summed E-state index contributed by atoms with van der Waals surface area (Å²) in [7, 11) is 0. The molecule has 3 rings (SSSR count). The van der Waals surface area contributed by atoms with Gasteiger partial charge in [-0.1, -0.05) is 30.3 Å². The fourth-order valence-corrected chi connectivity index (χ4v) is 2.94. The van der Waals surface area contributed by atoms with Crippen LogP contribution in [0.15, 0.2) is 30.3 Å². The molecule has 24 heavy (non-hydrogen) atoms. The minimum absolute atomic E-state index is 0.256. The van der Waals surface area contributed by atoms with Crippen molar-refractivity contribution in [2.45, 2.75) is 51.2 Å². The Balaban J connectivity index is 1.79. The van der Waals surface area contributed by atoms with Crippen molar-refractivity contribution in [1.82, 2.24) is 0 Å². The molecule has 0 spiro atoms. The largest absolute Gasteiger partial charge is 0.457 e. The van der Waals surface area contributed by atoms with E-state index >= 15 is 0 Å². The summed E-state index contributed by atoms with van der Waals surface area (Å²) < 4.78 is 27.8. The van der Waals surface area contributed by atoms with Crippen LogP contribution in [0.25, 0.3) is 0 Å². The molecule has 0 radical (unpaired) electrons. The number of rotatable bonds is 5. The maximum absolute atomic E-state index is 11.5.